The number of carbonyl (C=O) groups excluding carboxylic acids is 1. The smallest absolute Gasteiger partial charge is 0.322 e. The quantitative estimate of drug-likeness (QED) is 0.389. The van der Waals surface area contributed by atoms with Crippen molar-refractivity contribution in [3.63, 3.8) is 0 Å². The highest BCUT2D eigenvalue weighted by molar-refractivity contribution is 7.92. The number of aliphatic carboxylic acids is 1. The Labute approximate surface area is 230 Å². The molecule has 2 N–H and O–H groups in total. The second-order valence-electron chi connectivity index (χ2n) is 10.8. The first-order chi connectivity index (χ1) is 18.8. The molecule has 1 fully saturated rings. The molecule has 0 spiro atoms. The molecule has 1 unspecified atom stereocenters. The van der Waals surface area contributed by atoms with E-state index < -0.39 is 21.1 Å². The first-order valence-electron chi connectivity index (χ1n) is 13.9. The molecule has 2 aliphatic rings. The molecule has 206 valence electrons. The fourth-order valence-electron chi connectivity index (χ4n) is 5.94. The molecule has 1 aliphatic heterocycles. The Morgan fingerprint density at radius 3 is 2.49 bits per heavy atom. The van der Waals surface area contributed by atoms with Gasteiger partial charge in [0, 0.05) is 13.0 Å². The van der Waals surface area contributed by atoms with Crippen molar-refractivity contribution in [2.75, 3.05) is 13.1 Å². The number of sulfone groups is 1. The highest BCUT2D eigenvalue weighted by Crippen LogP contribution is 2.31. The molecule has 0 saturated carbocycles. The molecule has 2 atom stereocenters. The number of likely N-dealkylation sites (tertiary alicyclic amines) is 1. The number of hydrogen-bond acceptors (Lipinski definition) is 5. The minimum atomic E-state index is -4.17. The Kier molecular flexibility index (Phi) is 8.33. The first-order valence-corrected chi connectivity index (χ1v) is 15.4. The summed E-state index contributed by atoms with van der Waals surface area (Å²) in [5.74, 6) is -1.77. The van der Waals surface area contributed by atoms with Crippen LogP contribution in [0, 0.1) is 0 Å². The molecule has 0 aromatic heterocycles. The fourth-order valence-corrected chi connectivity index (χ4v) is 7.51. The molecule has 0 bridgehead atoms. The normalized spacial score (nSPS) is 18.8. The second kappa shape index (κ2) is 11.9. The predicted molar refractivity (Wildman–Crippen MR) is 151 cm³/mol. The van der Waals surface area contributed by atoms with Gasteiger partial charge < -0.3 is 10.4 Å². The molecule has 1 saturated heterocycles. The van der Waals surface area contributed by atoms with Gasteiger partial charge in [-0.1, -0.05) is 55.0 Å². The molecule has 1 aliphatic carbocycles. The van der Waals surface area contributed by atoms with Crippen molar-refractivity contribution in [1.82, 2.24) is 10.2 Å². The van der Waals surface area contributed by atoms with E-state index in [-0.39, 0.29) is 29.7 Å². The van der Waals surface area contributed by atoms with Gasteiger partial charge in [0.1, 0.15) is 0 Å². The number of carboxylic acid groups (broad SMARTS) is 1. The Balaban J connectivity index is 1.23. The van der Waals surface area contributed by atoms with Crippen LogP contribution in [0.4, 0.5) is 0 Å². The van der Waals surface area contributed by atoms with Crippen LogP contribution in [-0.4, -0.2) is 48.6 Å². The predicted octanol–water partition coefficient (Wildman–Crippen LogP) is 5.03. The Hall–Kier alpha value is -3.23. The van der Waals surface area contributed by atoms with Crippen LogP contribution >= 0.6 is 0 Å². The van der Waals surface area contributed by atoms with E-state index in [1.54, 1.807) is 18.2 Å². The number of carboxylic acids is 1. The van der Waals surface area contributed by atoms with Gasteiger partial charge in [0.05, 0.1) is 10.9 Å². The van der Waals surface area contributed by atoms with E-state index in [9.17, 15) is 23.1 Å². The molecule has 39 heavy (non-hydrogen) atoms. The summed E-state index contributed by atoms with van der Waals surface area (Å²) in [6, 6.07) is 18.3. The van der Waals surface area contributed by atoms with Gasteiger partial charge in [-0.05, 0) is 91.2 Å². The number of carbonyl (C=O) groups is 2. The maximum absolute atomic E-state index is 13.2. The van der Waals surface area contributed by atoms with Gasteiger partial charge in [0.25, 0.3) is 0 Å². The van der Waals surface area contributed by atoms with E-state index in [4.69, 9.17) is 0 Å². The lowest BCUT2D eigenvalue weighted by Gasteiger charge is -2.29. The number of nitrogens with zero attached hydrogens (tertiary/aromatic N) is 1. The van der Waals surface area contributed by atoms with Crippen LogP contribution in [0.5, 0.6) is 0 Å². The zero-order chi connectivity index (χ0) is 27.4. The van der Waals surface area contributed by atoms with Crippen molar-refractivity contribution in [3.05, 3.63) is 77.4 Å². The lowest BCUT2D eigenvalue weighted by atomic mass is 9.86. The number of aryl methyl sites for hydroxylation is 1. The standard InChI is InChI=1S/C31H36N2O5S/c34-30(16-15-29(31(35)36)39(37,38)26-13-12-23-7-2-3-8-24(23)20-26)32-28-10-6-9-25-19-22(11-14-27(25)28)21-33-17-4-1-5-18-33/h2-3,7-8,11-14,19-20,28-29H,1,4-6,9-10,15-18,21H2,(H,32,34)(H,35,36)/t28-,29?/m1/s1. The average molecular weight is 549 g/mol. The lowest BCUT2D eigenvalue weighted by molar-refractivity contribution is -0.136. The molecular weight excluding hydrogens is 512 g/mol. The molecule has 0 radical (unpaired) electrons. The Bertz CT molecular complexity index is 1460. The molecule has 5 rings (SSSR count). The van der Waals surface area contributed by atoms with Gasteiger partial charge in [-0.3, -0.25) is 14.5 Å². The number of fused-ring (bicyclic) bond motifs is 2. The Morgan fingerprint density at radius 1 is 0.949 bits per heavy atom. The topological polar surface area (TPSA) is 104 Å². The van der Waals surface area contributed by atoms with Crippen molar-refractivity contribution in [2.45, 2.75) is 74.1 Å². The molecule has 8 heteroatoms. The van der Waals surface area contributed by atoms with Gasteiger partial charge in [-0.25, -0.2) is 8.42 Å². The van der Waals surface area contributed by atoms with Gasteiger partial charge >= 0.3 is 5.97 Å². The molecule has 7 nitrogen and oxygen atoms in total. The molecule has 1 heterocycles. The third kappa shape index (κ3) is 6.34. The number of benzene rings is 3. The summed E-state index contributed by atoms with van der Waals surface area (Å²) in [5, 5.41) is 12.7. The molecule has 1 amide bonds. The van der Waals surface area contributed by atoms with E-state index in [1.807, 2.05) is 12.1 Å². The van der Waals surface area contributed by atoms with Gasteiger partial charge in [-0.15, -0.1) is 0 Å². The van der Waals surface area contributed by atoms with Crippen LogP contribution in [0.1, 0.15) is 67.7 Å². The van der Waals surface area contributed by atoms with Gasteiger partial charge in [0.15, 0.2) is 15.1 Å². The number of nitrogens with one attached hydrogen (secondary N) is 1. The molecule has 3 aromatic rings. The van der Waals surface area contributed by atoms with E-state index in [0.29, 0.717) is 0 Å². The van der Waals surface area contributed by atoms with E-state index in [1.165, 1.54) is 42.5 Å². The summed E-state index contributed by atoms with van der Waals surface area (Å²) in [5.41, 5.74) is 3.66. The average Bonchev–Trinajstić information content (AvgIpc) is 2.93. The summed E-state index contributed by atoms with van der Waals surface area (Å²) in [6.45, 7) is 3.24. The highest BCUT2D eigenvalue weighted by atomic mass is 32.2. The van der Waals surface area contributed by atoms with Crippen LogP contribution in [0.2, 0.25) is 0 Å². The molecule has 3 aromatic carbocycles. The van der Waals surface area contributed by atoms with Gasteiger partial charge in [0.2, 0.25) is 5.91 Å². The van der Waals surface area contributed by atoms with E-state index >= 15 is 0 Å². The van der Waals surface area contributed by atoms with E-state index in [0.717, 1.165) is 55.2 Å². The fraction of sp³-hybridized carbons (Fsp3) is 0.419. The minimum Gasteiger partial charge on any atom is -0.480 e. The summed E-state index contributed by atoms with van der Waals surface area (Å²) in [7, 11) is -4.17. The lowest BCUT2D eigenvalue weighted by Crippen LogP contribution is -2.35. The SMILES string of the molecule is O=C(CCC(C(=O)O)S(=O)(=O)c1ccc2ccccc2c1)N[C@@H]1CCCc2cc(CN3CCCCC3)ccc21. The third-order valence-corrected chi connectivity index (χ3v) is 10.1. The van der Waals surface area contributed by atoms with E-state index in [2.05, 4.69) is 28.4 Å². The highest BCUT2D eigenvalue weighted by Gasteiger charge is 2.35. The number of rotatable bonds is 9. The third-order valence-electron chi connectivity index (χ3n) is 8.04. The summed E-state index contributed by atoms with van der Waals surface area (Å²) in [6.07, 6.45) is 6.09. The molecular formula is C31H36N2O5S. The zero-order valence-electron chi connectivity index (χ0n) is 22.1. The van der Waals surface area contributed by atoms with Crippen molar-refractivity contribution in [1.29, 1.82) is 0 Å². The summed E-state index contributed by atoms with van der Waals surface area (Å²) >= 11 is 0. The van der Waals surface area contributed by atoms with Crippen LogP contribution in [0.25, 0.3) is 10.8 Å². The maximum atomic E-state index is 13.2. The summed E-state index contributed by atoms with van der Waals surface area (Å²) < 4.78 is 26.5. The summed E-state index contributed by atoms with van der Waals surface area (Å²) in [4.78, 5) is 27.4. The monoisotopic (exact) mass is 548 g/mol. The van der Waals surface area contributed by atoms with Crippen molar-refractivity contribution < 1.29 is 23.1 Å². The van der Waals surface area contributed by atoms with Crippen molar-refractivity contribution >= 4 is 32.5 Å². The largest absolute Gasteiger partial charge is 0.480 e. The number of hydrogen-bond donors (Lipinski definition) is 2. The van der Waals surface area contributed by atoms with Crippen LogP contribution in [-0.2, 0) is 32.4 Å². The number of piperidine rings is 1. The number of amides is 1. The maximum Gasteiger partial charge on any atom is 0.322 e. The van der Waals surface area contributed by atoms with Crippen molar-refractivity contribution in [2.24, 2.45) is 0 Å². The van der Waals surface area contributed by atoms with Crippen LogP contribution in [0.15, 0.2) is 65.6 Å². The Morgan fingerprint density at radius 2 is 1.72 bits per heavy atom. The van der Waals surface area contributed by atoms with Gasteiger partial charge in [-0.2, -0.15) is 0 Å². The zero-order valence-corrected chi connectivity index (χ0v) is 23.0. The first kappa shape index (κ1) is 27.3. The van der Waals surface area contributed by atoms with Crippen LogP contribution < -0.4 is 5.32 Å². The second-order valence-corrected chi connectivity index (χ2v) is 12.9. The van der Waals surface area contributed by atoms with Crippen molar-refractivity contribution in [3.8, 4) is 0 Å². The minimum absolute atomic E-state index is 0.0458. The van der Waals surface area contributed by atoms with Crippen LogP contribution in [0.3, 0.4) is 0 Å².